The fraction of sp³-hybridized carbons (Fsp3) is 0.438. The molecular formula is C16H21ClO4. The number of benzene rings is 1. The molecule has 116 valence electrons. The van der Waals surface area contributed by atoms with Crippen LogP contribution in [0, 0.1) is 6.92 Å². The highest BCUT2D eigenvalue weighted by Gasteiger charge is 2.26. The molecule has 0 bridgehead atoms. The second-order valence-corrected chi connectivity index (χ2v) is 5.21. The van der Waals surface area contributed by atoms with E-state index in [9.17, 15) is 4.79 Å². The van der Waals surface area contributed by atoms with Crippen molar-refractivity contribution in [3.63, 3.8) is 0 Å². The van der Waals surface area contributed by atoms with Crippen LogP contribution in [0.3, 0.4) is 0 Å². The number of carbonyl (C=O) groups excluding carboxylic acids is 1. The standard InChI is InChI=1S/C16H21ClO4/c1-9(2)7-8-11-14(19-4)12(16(18)21-6)10(3)13(17)15(11)20-5/h7H,8H2,1-6H3. The molecule has 0 unspecified atom stereocenters. The molecule has 0 fully saturated rings. The minimum absolute atomic E-state index is 0.336. The molecule has 0 spiro atoms. The summed E-state index contributed by atoms with van der Waals surface area (Å²) in [6.07, 6.45) is 2.58. The molecule has 0 heterocycles. The summed E-state index contributed by atoms with van der Waals surface area (Å²) in [7, 11) is 4.39. The molecule has 0 radical (unpaired) electrons. The Kier molecular flexibility index (Phi) is 6.09. The molecule has 0 amide bonds. The van der Waals surface area contributed by atoms with E-state index in [4.69, 9.17) is 25.8 Å². The van der Waals surface area contributed by atoms with Crippen molar-refractivity contribution in [3.8, 4) is 11.5 Å². The summed E-state index contributed by atoms with van der Waals surface area (Å²) in [5, 5.41) is 0.399. The van der Waals surface area contributed by atoms with E-state index in [1.807, 2.05) is 19.9 Å². The van der Waals surface area contributed by atoms with Crippen molar-refractivity contribution in [1.29, 1.82) is 0 Å². The fourth-order valence-corrected chi connectivity index (χ4v) is 2.40. The first-order valence-electron chi connectivity index (χ1n) is 6.53. The van der Waals surface area contributed by atoms with Crippen LogP contribution >= 0.6 is 11.6 Å². The third-order valence-corrected chi connectivity index (χ3v) is 3.65. The molecule has 21 heavy (non-hydrogen) atoms. The summed E-state index contributed by atoms with van der Waals surface area (Å²) in [5.74, 6) is 0.488. The van der Waals surface area contributed by atoms with E-state index in [1.54, 1.807) is 14.0 Å². The smallest absolute Gasteiger partial charge is 0.341 e. The predicted octanol–water partition coefficient (Wildman–Crippen LogP) is 3.96. The Morgan fingerprint density at radius 2 is 1.71 bits per heavy atom. The first-order chi connectivity index (χ1) is 9.88. The van der Waals surface area contributed by atoms with Gasteiger partial charge in [0.25, 0.3) is 0 Å². The van der Waals surface area contributed by atoms with Crippen LogP contribution in [-0.2, 0) is 11.2 Å². The van der Waals surface area contributed by atoms with Gasteiger partial charge in [-0.3, -0.25) is 0 Å². The summed E-state index contributed by atoms with van der Waals surface area (Å²) < 4.78 is 15.7. The molecule has 0 saturated carbocycles. The number of halogens is 1. The number of carbonyl (C=O) groups is 1. The van der Waals surface area contributed by atoms with E-state index in [1.165, 1.54) is 14.2 Å². The highest BCUT2D eigenvalue weighted by Crippen LogP contribution is 2.42. The summed E-state index contributed by atoms with van der Waals surface area (Å²) in [4.78, 5) is 12.0. The molecule has 0 aliphatic carbocycles. The summed E-state index contributed by atoms with van der Waals surface area (Å²) in [5.41, 5.74) is 2.80. The topological polar surface area (TPSA) is 44.8 Å². The lowest BCUT2D eigenvalue weighted by molar-refractivity contribution is 0.0596. The monoisotopic (exact) mass is 312 g/mol. The molecule has 0 aliphatic rings. The van der Waals surface area contributed by atoms with Gasteiger partial charge in [0.05, 0.1) is 26.4 Å². The van der Waals surface area contributed by atoms with Gasteiger partial charge in [-0.15, -0.1) is 0 Å². The Morgan fingerprint density at radius 1 is 1.14 bits per heavy atom. The summed E-state index contributed by atoms with van der Waals surface area (Å²) in [6.45, 7) is 5.73. The largest absolute Gasteiger partial charge is 0.495 e. The first kappa shape index (κ1) is 17.4. The third-order valence-electron chi connectivity index (χ3n) is 3.19. The van der Waals surface area contributed by atoms with Gasteiger partial charge in [0.15, 0.2) is 0 Å². The van der Waals surface area contributed by atoms with Crippen molar-refractivity contribution in [2.24, 2.45) is 0 Å². The second kappa shape index (κ2) is 7.36. The minimum Gasteiger partial charge on any atom is -0.495 e. The molecule has 5 heteroatoms. The zero-order chi connectivity index (χ0) is 16.2. The Balaban J connectivity index is 3.69. The van der Waals surface area contributed by atoms with Gasteiger partial charge in [0.2, 0.25) is 0 Å². The van der Waals surface area contributed by atoms with Crippen LogP contribution in [0.15, 0.2) is 11.6 Å². The SMILES string of the molecule is COC(=O)c1c(C)c(Cl)c(OC)c(CC=C(C)C)c1OC. The zero-order valence-electron chi connectivity index (χ0n) is 13.3. The van der Waals surface area contributed by atoms with E-state index in [-0.39, 0.29) is 0 Å². The van der Waals surface area contributed by atoms with Crippen LogP contribution in [-0.4, -0.2) is 27.3 Å². The van der Waals surface area contributed by atoms with Crippen LogP contribution < -0.4 is 9.47 Å². The second-order valence-electron chi connectivity index (χ2n) is 4.84. The van der Waals surface area contributed by atoms with E-state index >= 15 is 0 Å². The molecule has 1 aromatic carbocycles. The fourth-order valence-electron chi connectivity index (χ4n) is 2.11. The van der Waals surface area contributed by atoms with Crippen molar-refractivity contribution >= 4 is 17.6 Å². The first-order valence-corrected chi connectivity index (χ1v) is 6.91. The molecule has 4 nitrogen and oxygen atoms in total. The van der Waals surface area contributed by atoms with Gasteiger partial charge in [-0.2, -0.15) is 0 Å². The van der Waals surface area contributed by atoms with Gasteiger partial charge in [-0.05, 0) is 32.8 Å². The lowest BCUT2D eigenvalue weighted by Crippen LogP contribution is -2.10. The van der Waals surface area contributed by atoms with Gasteiger partial charge in [-0.1, -0.05) is 23.3 Å². The number of ether oxygens (including phenoxy) is 3. The van der Waals surface area contributed by atoms with Gasteiger partial charge < -0.3 is 14.2 Å². The summed E-state index contributed by atoms with van der Waals surface area (Å²) in [6, 6.07) is 0. The van der Waals surface area contributed by atoms with Gasteiger partial charge in [0.1, 0.15) is 17.1 Å². The molecule has 0 aliphatic heterocycles. The van der Waals surface area contributed by atoms with Crippen molar-refractivity contribution in [3.05, 3.63) is 33.4 Å². The van der Waals surface area contributed by atoms with E-state index in [0.29, 0.717) is 34.1 Å². The molecular weight excluding hydrogens is 292 g/mol. The predicted molar refractivity (Wildman–Crippen MR) is 83.8 cm³/mol. The number of allylic oxidation sites excluding steroid dienone is 2. The maximum Gasteiger partial charge on any atom is 0.341 e. The Labute approximate surface area is 130 Å². The lowest BCUT2D eigenvalue weighted by Gasteiger charge is -2.19. The van der Waals surface area contributed by atoms with Crippen LogP contribution in [0.1, 0.15) is 35.3 Å². The van der Waals surface area contributed by atoms with Crippen LogP contribution in [0.4, 0.5) is 0 Å². The zero-order valence-corrected chi connectivity index (χ0v) is 14.1. The molecule has 0 aromatic heterocycles. The van der Waals surface area contributed by atoms with Gasteiger partial charge in [0, 0.05) is 5.56 Å². The van der Waals surface area contributed by atoms with Crippen molar-refractivity contribution < 1.29 is 19.0 Å². The lowest BCUT2D eigenvalue weighted by atomic mass is 9.98. The Hall–Kier alpha value is -1.68. The van der Waals surface area contributed by atoms with Crippen LogP contribution in [0.5, 0.6) is 11.5 Å². The number of hydrogen-bond acceptors (Lipinski definition) is 4. The molecule has 0 atom stereocenters. The van der Waals surface area contributed by atoms with E-state index in [0.717, 1.165) is 11.1 Å². The van der Waals surface area contributed by atoms with Gasteiger partial charge >= 0.3 is 5.97 Å². The maximum absolute atomic E-state index is 12.0. The number of esters is 1. The molecule has 0 N–H and O–H groups in total. The normalized spacial score (nSPS) is 10.0. The number of hydrogen-bond donors (Lipinski definition) is 0. The molecule has 0 saturated heterocycles. The molecule has 1 aromatic rings. The third kappa shape index (κ3) is 3.50. The quantitative estimate of drug-likeness (QED) is 0.610. The molecule has 1 rings (SSSR count). The Bertz CT molecular complexity index is 572. The number of methoxy groups -OCH3 is 3. The summed E-state index contributed by atoms with van der Waals surface area (Å²) >= 11 is 6.34. The van der Waals surface area contributed by atoms with Crippen molar-refractivity contribution in [2.75, 3.05) is 21.3 Å². The average Bonchev–Trinajstić information content (AvgIpc) is 2.46. The Morgan fingerprint density at radius 3 is 2.14 bits per heavy atom. The van der Waals surface area contributed by atoms with E-state index in [2.05, 4.69) is 0 Å². The minimum atomic E-state index is -0.479. The average molecular weight is 313 g/mol. The van der Waals surface area contributed by atoms with E-state index < -0.39 is 5.97 Å². The van der Waals surface area contributed by atoms with Crippen LogP contribution in [0.2, 0.25) is 5.02 Å². The number of rotatable bonds is 5. The highest BCUT2D eigenvalue weighted by atomic mass is 35.5. The van der Waals surface area contributed by atoms with Crippen LogP contribution in [0.25, 0.3) is 0 Å². The maximum atomic E-state index is 12.0. The van der Waals surface area contributed by atoms with Gasteiger partial charge in [-0.25, -0.2) is 4.79 Å². The van der Waals surface area contributed by atoms with Crippen molar-refractivity contribution in [2.45, 2.75) is 27.2 Å². The van der Waals surface area contributed by atoms with Crippen molar-refractivity contribution in [1.82, 2.24) is 0 Å². The highest BCUT2D eigenvalue weighted by molar-refractivity contribution is 6.33.